The average molecular weight is 265 g/mol. The van der Waals surface area contributed by atoms with E-state index < -0.39 is 5.41 Å². The number of rotatable bonds is 4. The normalized spacial score (nSPS) is 20.5. The van der Waals surface area contributed by atoms with Crippen LogP contribution in [-0.4, -0.2) is 27.6 Å². The van der Waals surface area contributed by atoms with Crippen molar-refractivity contribution >= 4 is 5.91 Å². The van der Waals surface area contributed by atoms with E-state index in [1.807, 2.05) is 6.92 Å². The summed E-state index contributed by atoms with van der Waals surface area (Å²) in [4.78, 5) is 16.6. The highest BCUT2D eigenvalue weighted by molar-refractivity contribution is 5.83. The number of nitrogens with one attached hydrogen (secondary N) is 2. The zero-order valence-electron chi connectivity index (χ0n) is 11.5. The zero-order chi connectivity index (χ0) is 13.7. The van der Waals surface area contributed by atoms with Gasteiger partial charge in [0.15, 0.2) is 0 Å². The van der Waals surface area contributed by atoms with Crippen LogP contribution in [-0.2, 0) is 4.79 Å². The first-order valence-electron chi connectivity index (χ1n) is 7.04. The zero-order valence-corrected chi connectivity index (χ0v) is 11.5. The number of aromatic amines is 1. The predicted octanol–water partition coefficient (Wildman–Crippen LogP) is 1.28. The second-order valence-corrected chi connectivity index (χ2v) is 5.46. The number of hydrogen-bond donors (Lipinski definition) is 3. The summed E-state index contributed by atoms with van der Waals surface area (Å²) in [5.41, 5.74) is 5.51. The summed E-state index contributed by atoms with van der Waals surface area (Å²) < 4.78 is 0. The fourth-order valence-electron chi connectivity index (χ4n) is 2.77. The molecule has 1 heterocycles. The van der Waals surface area contributed by atoms with E-state index in [1.54, 1.807) is 0 Å². The third kappa shape index (κ3) is 3.12. The highest BCUT2D eigenvalue weighted by Crippen LogP contribution is 2.34. The van der Waals surface area contributed by atoms with Gasteiger partial charge >= 0.3 is 0 Å². The van der Waals surface area contributed by atoms with E-state index in [0.29, 0.717) is 12.4 Å². The Labute approximate surface area is 113 Å². The number of hydrogen-bond acceptors (Lipinski definition) is 4. The standard InChI is InChI=1S/C13H23N5O/c1-10(11-15-9-16-18-11)17-12(19)13(8-14)6-4-2-3-5-7-13/h9-10H,2-8,14H2,1H3,(H,17,19)(H,15,16,18). The van der Waals surface area contributed by atoms with Gasteiger partial charge in [-0.15, -0.1) is 0 Å². The fourth-order valence-corrected chi connectivity index (χ4v) is 2.77. The molecule has 1 aromatic heterocycles. The first kappa shape index (κ1) is 14.0. The molecule has 106 valence electrons. The van der Waals surface area contributed by atoms with E-state index in [0.717, 1.165) is 25.7 Å². The molecule has 1 amide bonds. The Balaban J connectivity index is 2.03. The van der Waals surface area contributed by atoms with E-state index in [2.05, 4.69) is 20.5 Å². The Morgan fingerprint density at radius 2 is 2.16 bits per heavy atom. The Morgan fingerprint density at radius 3 is 2.68 bits per heavy atom. The van der Waals surface area contributed by atoms with Crippen LogP contribution in [0.1, 0.15) is 57.3 Å². The molecule has 19 heavy (non-hydrogen) atoms. The lowest BCUT2D eigenvalue weighted by atomic mass is 9.79. The third-order valence-electron chi connectivity index (χ3n) is 4.12. The molecule has 1 aliphatic rings. The summed E-state index contributed by atoms with van der Waals surface area (Å²) in [6.07, 6.45) is 7.79. The van der Waals surface area contributed by atoms with Crippen LogP contribution in [0.3, 0.4) is 0 Å². The quantitative estimate of drug-likeness (QED) is 0.714. The summed E-state index contributed by atoms with van der Waals surface area (Å²) in [7, 11) is 0. The second-order valence-electron chi connectivity index (χ2n) is 5.46. The van der Waals surface area contributed by atoms with Crippen LogP contribution in [0.15, 0.2) is 6.33 Å². The van der Waals surface area contributed by atoms with Crippen LogP contribution in [0.5, 0.6) is 0 Å². The summed E-state index contributed by atoms with van der Waals surface area (Å²) in [5, 5.41) is 9.60. The topological polar surface area (TPSA) is 96.7 Å². The smallest absolute Gasteiger partial charge is 0.228 e. The Kier molecular flexibility index (Phi) is 4.52. The van der Waals surface area contributed by atoms with Gasteiger partial charge in [0.1, 0.15) is 12.2 Å². The molecular formula is C13H23N5O. The van der Waals surface area contributed by atoms with Crippen molar-refractivity contribution in [3.8, 4) is 0 Å². The van der Waals surface area contributed by atoms with Gasteiger partial charge < -0.3 is 11.1 Å². The number of nitrogens with two attached hydrogens (primary N) is 1. The maximum atomic E-state index is 12.6. The van der Waals surface area contributed by atoms with E-state index in [4.69, 9.17) is 5.73 Å². The molecule has 6 nitrogen and oxygen atoms in total. The molecule has 1 fully saturated rings. The molecule has 0 aromatic carbocycles. The Morgan fingerprint density at radius 1 is 1.47 bits per heavy atom. The van der Waals surface area contributed by atoms with E-state index in [-0.39, 0.29) is 11.9 Å². The highest BCUT2D eigenvalue weighted by atomic mass is 16.2. The molecule has 0 bridgehead atoms. The van der Waals surface area contributed by atoms with Gasteiger partial charge in [-0.05, 0) is 19.8 Å². The van der Waals surface area contributed by atoms with Gasteiger partial charge in [-0.2, -0.15) is 5.10 Å². The summed E-state index contributed by atoms with van der Waals surface area (Å²) in [6.45, 7) is 2.32. The molecule has 1 unspecified atom stereocenters. The number of H-pyrrole nitrogens is 1. The lowest BCUT2D eigenvalue weighted by Crippen LogP contribution is -2.46. The minimum absolute atomic E-state index is 0.0563. The fraction of sp³-hybridized carbons (Fsp3) is 0.769. The molecular weight excluding hydrogens is 242 g/mol. The minimum Gasteiger partial charge on any atom is -0.346 e. The van der Waals surface area contributed by atoms with Crippen LogP contribution in [0, 0.1) is 5.41 Å². The number of aromatic nitrogens is 3. The van der Waals surface area contributed by atoms with E-state index >= 15 is 0 Å². The van der Waals surface area contributed by atoms with Crippen molar-refractivity contribution in [1.29, 1.82) is 0 Å². The van der Waals surface area contributed by atoms with Crippen molar-refractivity contribution in [3.05, 3.63) is 12.2 Å². The monoisotopic (exact) mass is 265 g/mol. The Hall–Kier alpha value is -1.43. The van der Waals surface area contributed by atoms with Crippen LogP contribution < -0.4 is 11.1 Å². The maximum Gasteiger partial charge on any atom is 0.228 e. The average Bonchev–Trinajstić information content (AvgIpc) is 2.84. The highest BCUT2D eigenvalue weighted by Gasteiger charge is 2.37. The SMILES string of the molecule is CC(NC(=O)C1(CN)CCCCCC1)c1ncn[nH]1. The van der Waals surface area contributed by atoms with Gasteiger partial charge in [0.2, 0.25) is 5.91 Å². The van der Waals surface area contributed by atoms with Gasteiger partial charge in [-0.25, -0.2) is 4.98 Å². The first-order chi connectivity index (χ1) is 9.18. The van der Waals surface area contributed by atoms with Gasteiger partial charge in [-0.3, -0.25) is 9.89 Å². The largest absolute Gasteiger partial charge is 0.346 e. The van der Waals surface area contributed by atoms with Crippen molar-refractivity contribution in [2.75, 3.05) is 6.54 Å². The molecule has 2 rings (SSSR count). The van der Waals surface area contributed by atoms with Gasteiger partial charge in [0.05, 0.1) is 11.5 Å². The maximum absolute atomic E-state index is 12.6. The van der Waals surface area contributed by atoms with Crippen molar-refractivity contribution in [2.45, 2.75) is 51.5 Å². The second kappa shape index (κ2) is 6.14. The Bertz CT molecular complexity index is 395. The van der Waals surface area contributed by atoms with E-state index in [9.17, 15) is 4.79 Å². The van der Waals surface area contributed by atoms with Gasteiger partial charge in [0, 0.05) is 6.54 Å². The van der Waals surface area contributed by atoms with Crippen molar-refractivity contribution in [1.82, 2.24) is 20.5 Å². The lowest BCUT2D eigenvalue weighted by molar-refractivity contribution is -0.132. The first-order valence-corrected chi connectivity index (χ1v) is 7.04. The molecule has 0 aliphatic heterocycles. The van der Waals surface area contributed by atoms with Crippen LogP contribution in [0.4, 0.5) is 0 Å². The van der Waals surface area contributed by atoms with Crippen LogP contribution in [0.2, 0.25) is 0 Å². The number of carbonyl (C=O) groups excluding carboxylic acids is 1. The molecule has 1 saturated carbocycles. The molecule has 4 N–H and O–H groups in total. The minimum atomic E-state index is -0.398. The van der Waals surface area contributed by atoms with Crippen molar-refractivity contribution < 1.29 is 4.79 Å². The molecule has 1 aromatic rings. The predicted molar refractivity (Wildman–Crippen MR) is 72.1 cm³/mol. The molecule has 6 heteroatoms. The number of amides is 1. The van der Waals surface area contributed by atoms with Crippen LogP contribution >= 0.6 is 0 Å². The van der Waals surface area contributed by atoms with Gasteiger partial charge in [-0.1, -0.05) is 25.7 Å². The molecule has 0 radical (unpaired) electrons. The van der Waals surface area contributed by atoms with Crippen LogP contribution in [0.25, 0.3) is 0 Å². The summed E-state index contributed by atoms with van der Waals surface area (Å²) >= 11 is 0. The lowest BCUT2D eigenvalue weighted by Gasteiger charge is -2.31. The number of carbonyl (C=O) groups is 1. The summed E-state index contributed by atoms with van der Waals surface area (Å²) in [5.74, 6) is 0.731. The molecule has 1 atom stereocenters. The molecule has 1 aliphatic carbocycles. The number of nitrogens with zero attached hydrogens (tertiary/aromatic N) is 2. The van der Waals surface area contributed by atoms with Crippen molar-refractivity contribution in [3.63, 3.8) is 0 Å². The van der Waals surface area contributed by atoms with Crippen molar-refractivity contribution in [2.24, 2.45) is 11.1 Å². The summed E-state index contributed by atoms with van der Waals surface area (Å²) in [6, 6.07) is -0.165. The molecule has 0 saturated heterocycles. The van der Waals surface area contributed by atoms with Gasteiger partial charge in [0.25, 0.3) is 0 Å². The van der Waals surface area contributed by atoms with E-state index in [1.165, 1.54) is 19.2 Å². The molecule has 0 spiro atoms. The third-order valence-corrected chi connectivity index (χ3v) is 4.12.